The molecule has 0 fully saturated rings. The summed E-state index contributed by atoms with van der Waals surface area (Å²) in [5.74, 6) is 0. The zero-order valence-corrected chi connectivity index (χ0v) is 16.5. The summed E-state index contributed by atoms with van der Waals surface area (Å²) in [6, 6.07) is 23.9. The molecule has 3 aromatic rings. The molecule has 0 bridgehead atoms. The maximum atomic E-state index is 12.6. The molecule has 0 aliphatic carbocycles. The van der Waals surface area contributed by atoms with E-state index in [1.165, 1.54) is 0 Å². The van der Waals surface area contributed by atoms with Crippen LogP contribution >= 0.6 is 11.6 Å². The molecule has 1 N–H and O–H groups in total. The molecule has 3 nitrogen and oxygen atoms in total. The van der Waals surface area contributed by atoms with Crippen LogP contribution in [0.4, 0.5) is 0 Å². The van der Waals surface area contributed by atoms with Gasteiger partial charge in [-0.2, -0.15) is 0 Å². The molecule has 0 aromatic heterocycles. The van der Waals surface area contributed by atoms with Crippen LogP contribution in [0.1, 0.15) is 16.7 Å². The van der Waals surface area contributed by atoms with Gasteiger partial charge in [0.25, 0.3) is 0 Å². The molecule has 0 unspecified atom stereocenters. The van der Waals surface area contributed by atoms with Crippen molar-refractivity contribution in [3.05, 3.63) is 101 Å². The summed E-state index contributed by atoms with van der Waals surface area (Å²) in [6.45, 7) is 2.05. The minimum Gasteiger partial charge on any atom is -0.207 e. The van der Waals surface area contributed by atoms with Crippen LogP contribution in [-0.4, -0.2) is 15.0 Å². The average molecular weight is 398 g/mol. The monoisotopic (exact) mass is 397 g/mol. The van der Waals surface area contributed by atoms with Crippen LogP contribution in [0, 0.1) is 6.92 Å². The number of hydrogen-bond donors (Lipinski definition) is 1. The van der Waals surface area contributed by atoms with E-state index in [0.29, 0.717) is 5.02 Å². The molecule has 0 aliphatic rings. The molecule has 0 amide bonds. The van der Waals surface area contributed by atoms with Crippen molar-refractivity contribution in [2.45, 2.75) is 11.8 Å². The Morgan fingerprint density at radius 1 is 0.926 bits per heavy atom. The first-order chi connectivity index (χ1) is 13.0. The SMILES string of the molecule is Cc1ccc(S(=O)(=O)NC/C(=C/c2ccccc2)c2ccccc2Cl)cc1. The van der Waals surface area contributed by atoms with Crippen molar-refractivity contribution in [3.63, 3.8) is 0 Å². The summed E-state index contributed by atoms with van der Waals surface area (Å²) < 4.78 is 28.0. The summed E-state index contributed by atoms with van der Waals surface area (Å²) >= 11 is 6.35. The van der Waals surface area contributed by atoms with E-state index in [1.54, 1.807) is 30.3 Å². The Morgan fingerprint density at radius 3 is 2.22 bits per heavy atom. The van der Waals surface area contributed by atoms with E-state index in [1.807, 2.05) is 61.5 Å². The van der Waals surface area contributed by atoms with Gasteiger partial charge in [-0.25, -0.2) is 13.1 Å². The normalized spacial score (nSPS) is 12.1. The lowest BCUT2D eigenvalue weighted by Gasteiger charge is -2.12. The fourth-order valence-electron chi connectivity index (χ4n) is 2.67. The smallest absolute Gasteiger partial charge is 0.207 e. The van der Waals surface area contributed by atoms with Gasteiger partial charge in [-0.1, -0.05) is 77.8 Å². The van der Waals surface area contributed by atoms with Crippen molar-refractivity contribution in [2.24, 2.45) is 0 Å². The summed E-state index contributed by atoms with van der Waals surface area (Å²) in [7, 11) is -3.62. The lowest BCUT2D eigenvalue weighted by molar-refractivity contribution is 0.586. The van der Waals surface area contributed by atoms with Gasteiger partial charge >= 0.3 is 0 Å². The highest BCUT2D eigenvalue weighted by Crippen LogP contribution is 2.25. The van der Waals surface area contributed by atoms with Gasteiger partial charge < -0.3 is 0 Å². The first-order valence-corrected chi connectivity index (χ1v) is 10.4. The molecule has 27 heavy (non-hydrogen) atoms. The Balaban J connectivity index is 1.91. The molecule has 0 aliphatic heterocycles. The van der Waals surface area contributed by atoms with Crippen molar-refractivity contribution in [3.8, 4) is 0 Å². The average Bonchev–Trinajstić information content (AvgIpc) is 2.67. The second-order valence-electron chi connectivity index (χ2n) is 6.20. The van der Waals surface area contributed by atoms with Gasteiger partial charge in [0.05, 0.1) is 4.90 Å². The summed E-state index contributed by atoms with van der Waals surface area (Å²) in [5, 5.41) is 0.578. The maximum absolute atomic E-state index is 12.6. The molecule has 0 saturated heterocycles. The molecule has 0 saturated carbocycles. The van der Waals surface area contributed by atoms with E-state index < -0.39 is 10.0 Å². The third kappa shape index (κ3) is 5.07. The highest BCUT2D eigenvalue weighted by molar-refractivity contribution is 7.89. The number of benzene rings is 3. The number of halogens is 1. The standard InChI is InChI=1S/C22H20ClNO2S/c1-17-11-13-20(14-12-17)27(25,26)24-16-19(15-18-7-3-2-4-8-18)21-9-5-6-10-22(21)23/h2-15,24H,16H2,1H3/b19-15-. The third-order valence-electron chi connectivity index (χ3n) is 4.14. The lowest BCUT2D eigenvalue weighted by atomic mass is 10.0. The lowest BCUT2D eigenvalue weighted by Crippen LogP contribution is -2.25. The number of aryl methyl sites for hydroxylation is 1. The first-order valence-electron chi connectivity index (χ1n) is 8.52. The van der Waals surface area contributed by atoms with E-state index in [9.17, 15) is 8.42 Å². The Morgan fingerprint density at radius 2 is 1.56 bits per heavy atom. The number of rotatable bonds is 6. The maximum Gasteiger partial charge on any atom is 0.240 e. The summed E-state index contributed by atoms with van der Waals surface area (Å²) in [6.07, 6.45) is 1.94. The fourth-order valence-corrected chi connectivity index (χ4v) is 3.93. The van der Waals surface area contributed by atoms with Crippen LogP contribution in [0.25, 0.3) is 11.6 Å². The molecule has 3 rings (SSSR count). The minimum absolute atomic E-state index is 0.134. The van der Waals surface area contributed by atoms with Crippen LogP contribution in [0.5, 0.6) is 0 Å². The number of nitrogens with one attached hydrogen (secondary N) is 1. The second kappa shape index (κ2) is 8.53. The van der Waals surface area contributed by atoms with Crippen molar-refractivity contribution in [1.29, 1.82) is 0 Å². The third-order valence-corrected chi connectivity index (χ3v) is 5.89. The van der Waals surface area contributed by atoms with Gasteiger partial charge in [-0.3, -0.25) is 0 Å². The van der Waals surface area contributed by atoms with Crippen LogP contribution in [0.15, 0.2) is 83.8 Å². The van der Waals surface area contributed by atoms with E-state index in [4.69, 9.17) is 11.6 Å². The van der Waals surface area contributed by atoms with Gasteiger partial charge in [0.1, 0.15) is 0 Å². The second-order valence-corrected chi connectivity index (χ2v) is 8.37. The Kier molecular flexibility index (Phi) is 6.11. The predicted octanol–water partition coefficient (Wildman–Crippen LogP) is 5.17. The molecule has 0 heterocycles. The number of hydrogen-bond acceptors (Lipinski definition) is 2. The topological polar surface area (TPSA) is 46.2 Å². The van der Waals surface area contributed by atoms with Crippen molar-refractivity contribution >= 4 is 33.3 Å². The van der Waals surface area contributed by atoms with Gasteiger partial charge in [0, 0.05) is 11.6 Å². The Labute approximate surface area is 165 Å². The van der Waals surface area contributed by atoms with E-state index in [2.05, 4.69) is 4.72 Å². The summed E-state index contributed by atoms with van der Waals surface area (Å²) in [5.41, 5.74) is 3.58. The fraction of sp³-hybridized carbons (Fsp3) is 0.0909. The molecule has 3 aromatic carbocycles. The van der Waals surface area contributed by atoms with Gasteiger partial charge in [-0.05, 0) is 47.9 Å². The van der Waals surface area contributed by atoms with E-state index in [-0.39, 0.29) is 11.4 Å². The van der Waals surface area contributed by atoms with E-state index >= 15 is 0 Å². The van der Waals surface area contributed by atoms with Gasteiger partial charge in [-0.15, -0.1) is 0 Å². The van der Waals surface area contributed by atoms with Crippen LogP contribution in [0.2, 0.25) is 5.02 Å². The Bertz CT molecular complexity index is 1040. The zero-order valence-electron chi connectivity index (χ0n) is 14.9. The molecule has 5 heteroatoms. The molecular formula is C22H20ClNO2S. The van der Waals surface area contributed by atoms with Crippen molar-refractivity contribution in [2.75, 3.05) is 6.54 Å². The predicted molar refractivity (Wildman–Crippen MR) is 112 cm³/mol. The van der Waals surface area contributed by atoms with Gasteiger partial charge in [0.2, 0.25) is 10.0 Å². The van der Waals surface area contributed by atoms with Crippen LogP contribution < -0.4 is 4.72 Å². The van der Waals surface area contributed by atoms with Crippen molar-refractivity contribution < 1.29 is 8.42 Å². The molecular weight excluding hydrogens is 378 g/mol. The molecule has 138 valence electrons. The Hall–Kier alpha value is -2.40. The van der Waals surface area contributed by atoms with Crippen molar-refractivity contribution in [1.82, 2.24) is 4.72 Å². The number of sulfonamides is 1. The molecule has 0 spiro atoms. The van der Waals surface area contributed by atoms with Crippen LogP contribution in [0.3, 0.4) is 0 Å². The van der Waals surface area contributed by atoms with E-state index in [0.717, 1.165) is 22.3 Å². The minimum atomic E-state index is -3.62. The highest BCUT2D eigenvalue weighted by Gasteiger charge is 2.15. The van der Waals surface area contributed by atoms with Gasteiger partial charge in [0.15, 0.2) is 0 Å². The zero-order chi connectivity index (χ0) is 19.3. The molecule has 0 radical (unpaired) electrons. The first kappa shape index (κ1) is 19.4. The quantitative estimate of drug-likeness (QED) is 0.583. The van der Waals surface area contributed by atoms with Crippen LogP contribution in [-0.2, 0) is 10.0 Å². The largest absolute Gasteiger partial charge is 0.240 e. The highest BCUT2D eigenvalue weighted by atomic mass is 35.5. The molecule has 0 atom stereocenters. The summed E-state index contributed by atoms with van der Waals surface area (Å²) in [4.78, 5) is 0.242.